The van der Waals surface area contributed by atoms with Gasteiger partial charge in [-0.1, -0.05) is 56.0 Å². The number of hydrogen-bond acceptors (Lipinski definition) is 2. The van der Waals surface area contributed by atoms with E-state index < -0.39 is 5.16 Å². The van der Waals surface area contributed by atoms with Gasteiger partial charge in [0.15, 0.2) is 14.2 Å². The van der Waals surface area contributed by atoms with Crippen LogP contribution in [0.2, 0.25) is 0 Å². The summed E-state index contributed by atoms with van der Waals surface area (Å²) in [7, 11) is -0.00547. The Kier molecular flexibility index (Phi) is 4.06. The van der Waals surface area contributed by atoms with Crippen LogP contribution in [0, 0.1) is 0 Å². The molecule has 0 heterocycles. The summed E-state index contributed by atoms with van der Waals surface area (Å²) in [5.41, 5.74) is 0.692. The van der Waals surface area contributed by atoms with Gasteiger partial charge in [-0.3, -0.25) is 9.36 Å². The Morgan fingerprint density at radius 2 is 1.59 bits per heavy atom. The lowest BCUT2D eigenvalue weighted by molar-refractivity contribution is 0.0929. The van der Waals surface area contributed by atoms with Gasteiger partial charge in [0, 0.05) is 5.56 Å². The maximum Gasteiger partial charge on any atom is 0.180 e. The number of ketones is 1. The summed E-state index contributed by atoms with van der Waals surface area (Å²) in [6.45, 7) is 0. The molecule has 90 valence electrons. The van der Waals surface area contributed by atoms with Crippen LogP contribution >= 0.6 is 8.46 Å². The molecule has 1 aliphatic rings. The number of Topliss-reactive ketones (excluding diaryl/α,β-unsaturated/α-hetero) is 1. The van der Waals surface area contributed by atoms with Gasteiger partial charge in [-0.2, -0.15) is 0 Å². The van der Waals surface area contributed by atoms with Crippen molar-refractivity contribution >= 4 is 14.2 Å². The van der Waals surface area contributed by atoms with Crippen LogP contribution in [0.4, 0.5) is 0 Å². The van der Waals surface area contributed by atoms with Crippen molar-refractivity contribution in [2.75, 3.05) is 0 Å². The summed E-state index contributed by atoms with van der Waals surface area (Å²) < 4.78 is 11.5. The third-order valence-electron chi connectivity index (χ3n) is 3.56. The van der Waals surface area contributed by atoms with Gasteiger partial charge in [0.05, 0.1) is 0 Å². The zero-order valence-corrected chi connectivity index (χ0v) is 10.8. The summed E-state index contributed by atoms with van der Waals surface area (Å²) >= 11 is 0. The molecule has 3 heteroatoms. The smallest absolute Gasteiger partial charge is 0.180 e. The van der Waals surface area contributed by atoms with E-state index >= 15 is 0 Å². The first-order chi connectivity index (χ1) is 8.28. The van der Waals surface area contributed by atoms with Gasteiger partial charge in [0.1, 0.15) is 5.16 Å². The van der Waals surface area contributed by atoms with Crippen molar-refractivity contribution in [3.63, 3.8) is 0 Å². The Bertz CT molecular complexity index is 392. The van der Waals surface area contributed by atoms with E-state index in [0.717, 1.165) is 38.5 Å². The Hall–Kier alpha value is -1.01. The molecule has 0 aliphatic heterocycles. The average molecular weight is 248 g/mol. The average Bonchev–Trinajstić information content (AvgIpc) is 2.65. The number of benzene rings is 1. The third-order valence-corrected chi connectivity index (χ3v) is 4.56. The van der Waals surface area contributed by atoms with E-state index in [1.165, 1.54) is 0 Å². The fraction of sp³-hybridized carbons (Fsp3) is 0.500. The topological polar surface area (TPSA) is 34.1 Å². The minimum atomic E-state index is -0.655. The van der Waals surface area contributed by atoms with Gasteiger partial charge in [-0.05, 0) is 12.8 Å². The van der Waals surface area contributed by atoms with Crippen molar-refractivity contribution in [1.82, 2.24) is 0 Å². The first-order valence-electron chi connectivity index (χ1n) is 6.23. The largest absolute Gasteiger partial charge is 0.293 e. The highest BCUT2D eigenvalue weighted by molar-refractivity contribution is 7.28. The lowest BCUT2D eigenvalue weighted by atomic mass is 9.90. The van der Waals surface area contributed by atoms with Crippen LogP contribution in [0.15, 0.2) is 30.3 Å². The first-order valence-corrected chi connectivity index (χ1v) is 7.04. The molecule has 2 rings (SSSR count). The summed E-state index contributed by atoms with van der Waals surface area (Å²) in [5.74, 6) is 0.0525. The van der Waals surface area contributed by atoms with Crippen molar-refractivity contribution in [2.45, 2.75) is 43.7 Å². The van der Waals surface area contributed by atoms with Crippen LogP contribution in [0.5, 0.6) is 0 Å². The van der Waals surface area contributed by atoms with E-state index in [4.69, 9.17) is 0 Å². The van der Waals surface area contributed by atoms with Crippen LogP contribution in [-0.2, 0) is 4.57 Å². The first kappa shape index (κ1) is 12.4. The standard InChI is InChI=1S/C14H17O2P/c15-13(12-8-4-3-5-9-12)14(17-16)10-6-1-2-7-11-14/h3-5,8-9H,1-2,6-7,10-11H2. The third kappa shape index (κ3) is 2.63. The highest BCUT2D eigenvalue weighted by Gasteiger charge is 2.39. The van der Waals surface area contributed by atoms with Gasteiger partial charge in [-0.15, -0.1) is 0 Å². The fourth-order valence-corrected chi connectivity index (χ4v) is 3.24. The summed E-state index contributed by atoms with van der Waals surface area (Å²) in [4.78, 5) is 12.5. The van der Waals surface area contributed by atoms with Gasteiger partial charge in [0.2, 0.25) is 0 Å². The Morgan fingerprint density at radius 1 is 1.00 bits per heavy atom. The molecule has 1 fully saturated rings. The highest BCUT2D eigenvalue weighted by Crippen LogP contribution is 2.40. The van der Waals surface area contributed by atoms with Gasteiger partial charge in [0.25, 0.3) is 0 Å². The Morgan fingerprint density at radius 3 is 2.12 bits per heavy atom. The van der Waals surface area contributed by atoms with Crippen LogP contribution in [-0.4, -0.2) is 10.9 Å². The lowest BCUT2D eigenvalue weighted by Gasteiger charge is -2.23. The molecule has 1 aliphatic carbocycles. The normalized spacial score (nSPS) is 19.8. The quantitative estimate of drug-likeness (QED) is 0.455. The van der Waals surface area contributed by atoms with Crippen molar-refractivity contribution in [1.29, 1.82) is 0 Å². The number of carbonyl (C=O) groups excluding carboxylic acids is 1. The molecule has 0 radical (unpaired) electrons. The molecule has 0 saturated heterocycles. The Balaban J connectivity index is 2.28. The monoisotopic (exact) mass is 248 g/mol. The van der Waals surface area contributed by atoms with E-state index in [-0.39, 0.29) is 14.2 Å². The second-order valence-corrected chi connectivity index (χ2v) is 5.77. The molecule has 0 bridgehead atoms. The molecule has 0 aromatic heterocycles. The minimum Gasteiger partial charge on any atom is -0.293 e. The van der Waals surface area contributed by atoms with E-state index in [9.17, 15) is 9.36 Å². The second kappa shape index (κ2) is 5.55. The van der Waals surface area contributed by atoms with E-state index in [1.807, 2.05) is 30.3 Å². The van der Waals surface area contributed by atoms with Crippen LogP contribution in [0.25, 0.3) is 0 Å². The SMILES string of the molecule is O=PC1(C(=O)c2ccccc2)CCCCCC1. The highest BCUT2D eigenvalue weighted by atomic mass is 31.1. The predicted octanol–water partition coefficient (Wildman–Crippen LogP) is 4.25. The minimum absolute atomic E-state index is 0.00547. The lowest BCUT2D eigenvalue weighted by Crippen LogP contribution is -2.32. The molecule has 0 spiro atoms. The van der Waals surface area contributed by atoms with Crippen molar-refractivity contribution in [2.24, 2.45) is 0 Å². The van der Waals surface area contributed by atoms with Crippen molar-refractivity contribution in [3.8, 4) is 0 Å². The van der Waals surface area contributed by atoms with E-state index in [1.54, 1.807) is 0 Å². The molecule has 0 N–H and O–H groups in total. The number of rotatable bonds is 3. The molecule has 0 atom stereocenters. The molecule has 0 amide bonds. The zero-order chi connectivity index (χ0) is 12.1. The molecule has 17 heavy (non-hydrogen) atoms. The maximum atomic E-state index is 12.5. The summed E-state index contributed by atoms with van der Waals surface area (Å²) in [5, 5.41) is -0.655. The van der Waals surface area contributed by atoms with Crippen molar-refractivity contribution < 1.29 is 9.36 Å². The number of hydrogen-bond donors (Lipinski definition) is 0. The molecule has 1 aromatic rings. The molecule has 0 unspecified atom stereocenters. The maximum absolute atomic E-state index is 12.5. The molecular weight excluding hydrogens is 231 g/mol. The van der Waals surface area contributed by atoms with Crippen LogP contribution in [0.3, 0.4) is 0 Å². The van der Waals surface area contributed by atoms with Gasteiger partial charge in [-0.25, -0.2) is 0 Å². The summed E-state index contributed by atoms with van der Waals surface area (Å²) in [6.07, 6.45) is 5.83. The molecule has 2 nitrogen and oxygen atoms in total. The van der Waals surface area contributed by atoms with E-state index in [0.29, 0.717) is 5.56 Å². The molecule has 1 saturated carbocycles. The Labute approximate surface area is 104 Å². The second-order valence-electron chi connectivity index (χ2n) is 4.73. The van der Waals surface area contributed by atoms with Crippen LogP contribution in [0.1, 0.15) is 48.9 Å². The van der Waals surface area contributed by atoms with Crippen molar-refractivity contribution in [3.05, 3.63) is 35.9 Å². The van der Waals surface area contributed by atoms with Crippen LogP contribution < -0.4 is 0 Å². The summed E-state index contributed by atoms with van der Waals surface area (Å²) in [6, 6.07) is 9.25. The fourth-order valence-electron chi connectivity index (χ4n) is 2.53. The van der Waals surface area contributed by atoms with Gasteiger partial charge >= 0.3 is 0 Å². The number of carbonyl (C=O) groups is 1. The van der Waals surface area contributed by atoms with Gasteiger partial charge < -0.3 is 0 Å². The molecular formula is C14H17O2P. The molecule has 1 aromatic carbocycles. The zero-order valence-electron chi connectivity index (χ0n) is 9.89. The predicted molar refractivity (Wildman–Crippen MR) is 68.8 cm³/mol. The van der Waals surface area contributed by atoms with E-state index in [2.05, 4.69) is 0 Å².